The lowest BCUT2D eigenvalue weighted by Gasteiger charge is -2.05. The second-order valence-corrected chi connectivity index (χ2v) is 5.50. The molecule has 0 aromatic heterocycles. The summed E-state index contributed by atoms with van der Waals surface area (Å²) >= 11 is 0. The van der Waals surface area contributed by atoms with Gasteiger partial charge in [0.05, 0.1) is 27.0 Å². The van der Waals surface area contributed by atoms with E-state index in [-0.39, 0.29) is 0 Å². The molecule has 0 amide bonds. The van der Waals surface area contributed by atoms with Crippen LogP contribution in [-0.2, 0) is 10.8 Å². The Morgan fingerprint density at radius 1 is 0.952 bits per heavy atom. The highest BCUT2D eigenvalue weighted by atomic mass is 32.2. The van der Waals surface area contributed by atoms with Crippen LogP contribution in [0.3, 0.4) is 0 Å². The molecular formula is C14H8F4O2S. The maximum atomic E-state index is 13.4. The Hall–Kier alpha value is -2.02. The predicted molar refractivity (Wildman–Crippen MR) is 68.3 cm³/mol. The largest absolute Gasteiger partial charge is 0.293 e. The molecule has 0 N–H and O–H groups in total. The average Bonchev–Trinajstić information content (AvgIpc) is 2.41. The van der Waals surface area contributed by atoms with Crippen LogP contribution in [-0.4, -0.2) is 15.7 Å². The molecule has 2 nitrogen and oxygen atoms in total. The minimum absolute atomic E-state index is 0.528. The average molecular weight is 316 g/mol. The second-order valence-electron chi connectivity index (χ2n) is 4.08. The van der Waals surface area contributed by atoms with Gasteiger partial charge in [-0.15, -0.1) is 0 Å². The molecular weight excluding hydrogens is 308 g/mol. The molecule has 0 heterocycles. The summed E-state index contributed by atoms with van der Waals surface area (Å²) in [4.78, 5) is 11.2. The molecule has 1 atom stereocenters. The van der Waals surface area contributed by atoms with Crippen molar-refractivity contribution in [1.29, 1.82) is 0 Å². The number of ketones is 1. The normalized spacial score (nSPS) is 12.2. The van der Waals surface area contributed by atoms with Crippen molar-refractivity contribution < 1.29 is 26.6 Å². The van der Waals surface area contributed by atoms with Crippen LogP contribution in [0.15, 0.2) is 41.3 Å². The van der Waals surface area contributed by atoms with Gasteiger partial charge in [-0.25, -0.2) is 17.6 Å². The molecule has 7 heteroatoms. The van der Waals surface area contributed by atoms with Gasteiger partial charge in [0.1, 0.15) is 23.3 Å². The minimum atomic E-state index is -2.25. The van der Waals surface area contributed by atoms with E-state index in [2.05, 4.69) is 0 Å². The highest BCUT2D eigenvalue weighted by molar-refractivity contribution is 7.85. The van der Waals surface area contributed by atoms with Crippen molar-refractivity contribution in [2.45, 2.75) is 4.90 Å². The first-order valence-corrected chi connectivity index (χ1v) is 7.02. The zero-order chi connectivity index (χ0) is 15.6. The van der Waals surface area contributed by atoms with Gasteiger partial charge in [-0.3, -0.25) is 9.00 Å². The standard InChI is InChI=1S/C14H8F4O2S/c15-8-4-5-9(16)13(6-8)21(20)7-12(19)14-10(17)2-1-3-11(14)18/h1-6H,7H2. The maximum Gasteiger partial charge on any atom is 0.181 e. The van der Waals surface area contributed by atoms with Gasteiger partial charge in [0.15, 0.2) is 5.78 Å². The number of hydrogen-bond acceptors (Lipinski definition) is 2. The monoisotopic (exact) mass is 316 g/mol. The fourth-order valence-electron chi connectivity index (χ4n) is 1.68. The topological polar surface area (TPSA) is 34.1 Å². The van der Waals surface area contributed by atoms with Crippen LogP contribution in [0.1, 0.15) is 10.4 Å². The summed E-state index contributed by atoms with van der Waals surface area (Å²) in [5.74, 6) is -5.93. The Morgan fingerprint density at radius 3 is 2.19 bits per heavy atom. The first kappa shape index (κ1) is 15.4. The van der Waals surface area contributed by atoms with Crippen molar-refractivity contribution in [2.24, 2.45) is 0 Å². The third kappa shape index (κ3) is 3.36. The SMILES string of the molecule is O=C(CS(=O)c1cc(F)ccc1F)c1c(F)cccc1F. The molecule has 0 fully saturated rings. The molecule has 0 radical (unpaired) electrons. The van der Waals surface area contributed by atoms with Gasteiger partial charge in [0, 0.05) is 0 Å². The quantitative estimate of drug-likeness (QED) is 0.641. The minimum Gasteiger partial charge on any atom is -0.293 e. The van der Waals surface area contributed by atoms with Gasteiger partial charge in [0.25, 0.3) is 0 Å². The first-order valence-electron chi connectivity index (χ1n) is 5.71. The third-order valence-electron chi connectivity index (χ3n) is 2.64. The Labute approximate surface area is 119 Å². The Kier molecular flexibility index (Phi) is 4.52. The van der Waals surface area contributed by atoms with Crippen LogP contribution in [0.4, 0.5) is 17.6 Å². The molecule has 0 bridgehead atoms. The molecule has 2 rings (SSSR count). The van der Waals surface area contributed by atoms with Gasteiger partial charge in [-0.05, 0) is 30.3 Å². The van der Waals surface area contributed by atoms with E-state index < -0.39 is 56.1 Å². The van der Waals surface area contributed by atoms with Gasteiger partial charge in [-0.1, -0.05) is 6.07 Å². The van der Waals surface area contributed by atoms with Gasteiger partial charge < -0.3 is 0 Å². The Morgan fingerprint density at radius 2 is 1.57 bits per heavy atom. The van der Waals surface area contributed by atoms with Gasteiger partial charge in [0.2, 0.25) is 0 Å². The first-order chi connectivity index (χ1) is 9.90. The summed E-state index contributed by atoms with van der Waals surface area (Å²) in [7, 11) is -2.25. The van der Waals surface area contributed by atoms with Crippen LogP contribution in [0.25, 0.3) is 0 Å². The number of hydrogen-bond donors (Lipinski definition) is 0. The molecule has 2 aromatic rings. The highest BCUT2D eigenvalue weighted by Crippen LogP contribution is 2.18. The van der Waals surface area contributed by atoms with E-state index in [1.807, 2.05) is 0 Å². The molecule has 1 unspecified atom stereocenters. The maximum absolute atomic E-state index is 13.4. The van der Waals surface area contributed by atoms with E-state index in [0.717, 1.165) is 30.3 Å². The van der Waals surface area contributed by atoms with Gasteiger partial charge >= 0.3 is 0 Å². The van der Waals surface area contributed by atoms with Crippen LogP contribution >= 0.6 is 0 Å². The van der Waals surface area contributed by atoms with Crippen LogP contribution < -0.4 is 0 Å². The van der Waals surface area contributed by atoms with Crippen LogP contribution in [0.5, 0.6) is 0 Å². The number of carbonyl (C=O) groups excluding carboxylic acids is 1. The zero-order valence-corrected chi connectivity index (χ0v) is 11.2. The lowest BCUT2D eigenvalue weighted by atomic mass is 10.1. The van der Waals surface area contributed by atoms with Crippen LogP contribution in [0, 0.1) is 23.3 Å². The molecule has 0 aliphatic carbocycles. The van der Waals surface area contributed by atoms with E-state index in [4.69, 9.17) is 0 Å². The van der Waals surface area contributed by atoms with Crippen molar-refractivity contribution in [1.82, 2.24) is 0 Å². The van der Waals surface area contributed by atoms with Gasteiger partial charge in [-0.2, -0.15) is 0 Å². The van der Waals surface area contributed by atoms with E-state index in [1.165, 1.54) is 0 Å². The van der Waals surface area contributed by atoms with Crippen molar-refractivity contribution in [2.75, 3.05) is 5.75 Å². The molecule has 21 heavy (non-hydrogen) atoms. The summed E-state index contributed by atoms with van der Waals surface area (Å²) in [6, 6.07) is 5.09. The lowest BCUT2D eigenvalue weighted by Crippen LogP contribution is -2.15. The zero-order valence-electron chi connectivity index (χ0n) is 10.4. The predicted octanol–water partition coefficient (Wildman–Crippen LogP) is 3.23. The molecule has 0 saturated carbocycles. The second kappa shape index (κ2) is 6.17. The molecule has 0 spiro atoms. The van der Waals surface area contributed by atoms with Crippen molar-refractivity contribution in [3.63, 3.8) is 0 Å². The molecule has 0 aliphatic rings. The molecule has 0 aliphatic heterocycles. The van der Waals surface area contributed by atoms with E-state index >= 15 is 0 Å². The van der Waals surface area contributed by atoms with E-state index in [0.29, 0.717) is 6.07 Å². The summed E-state index contributed by atoms with van der Waals surface area (Å²) in [6.07, 6.45) is 0. The Bertz CT molecular complexity index is 711. The van der Waals surface area contributed by atoms with Crippen molar-refractivity contribution in [3.8, 4) is 0 Å². The number of halogens is 4. The summed E-state index contributed by atoms with van der Waals surface area (Å²) in [5.41, 5.74) is -0.845. The molecule has 2 aromatic carbocycles. The number of carbonyl (C=O) groups is 1. The van der Waals surface area contributed by atoms with Crippen molar-refractivity contribution >= 4 is 16.6 Å². The summed E-state index contributed by atoms with van der Waals surface area (Å²) in [6.45, 7) is 0. The fourth-order valence-corrected chi connectivity index (χ4v) is 2.75. The number of benzene rings is 2. The summed E-state index contributed by atoms with van der Waals surface area (Å²) in [5, 5.41) is 0. The van der Waals surface area contributed by atoms with Crippen LogP contribution in [0.2, 0.25) is 0 Å². The smallest absolute Gasteiger partial charge is 0.181 e. The lowest BCUT2D eigenvalue weighted by molar-refractivity contribution is 0.101. The molecule has 110 valence electrons. The molecule has 0 saturated heterocycles. The third-order valence-corrected chi connectivity index (χ3v) is 3.97. The van der Waals surface area contributed by atoms with E-state index in [9.17, 15) is 26.6 Å². The summed E-state index contributed by atoms with van der Waals surface area (Å²) < 4.78 is 65.1. The number of rotatable bonds is 4. The number of Topliss-reactive ketones (excluding diaryl/α,β-unsaturated/α-hetero) is 1. The van der Waals surface area contributed by atoms with E-state index in [1.54, 1.807) is 0 Å². The highest BCUT2D eigenvalue weighted by Gasteiger charge is 2.21. The van der Waals surface area contributed by atoms with Crippen molar-refractivity contribution in [3.05, 3.63) is 65.2 Å². The fraction of sp³-hybridized carbons (Fsp3) is 0.0714. The Balaban J connectivity index is 2.27.